The first kappa shape index (κ1) is 13.3. The highest BCUT2D eigenvalue weighted by Gasteiger charge is 2.42. The van der Waals surface area contributed by atoms with Crippen LogP contribution in [0.3, 0.4) is 0 Å². The maximum atomic E-state index is 11.5. The molecule has 0 spiro atoms. The molecule has 1 saturated heterocycles. The van der Waals surface area contributed by atoms with E-state index in [1.807, 2.05) is 29.3 Å². The first-order chi connectivity index (χ1) is 9.70. The standard InChI is InChI=1S/C16H19NO3/c1-11-10-15(20-16(11)18)14-9-8-13(17(14)19-2)12-6-4-3-5-7-12/h3-7,10,13-15H,8-9H2,1-2H3/t13-,14-,15+/m0/s1. The molecule has 2 aliphatic rings. The Bertz CT molecular complexity index is 526. The van der Waals surface area contributed by atoms with Crippen LogP contribution in [0.5, 0.6) is 0 Å². The number of benzene rings is 1. The Labute approximate surface area is 118 Å². The molecule has 1 aromatic carbocycles. The van der Waals surface area contributed by atoms with Gasteiger partial charge in [-0.3, -0.25) is 0 Å². The highest BCUT2D eigenvalue weighted by Crippen LogP contribution is 2.39. The first-order valence-corrected chi connectivity index (χ1v) is 6.97. The monoisotopic (exact) mass is 273 g/mol. The molecule has 1 fully saturated rings. The van der Waals surface area contributed by atoms with Crippen LogP contribution in [-0.2, 0) is 14.4 Å². The van der Waals surface area contributed by atoms with Gasteiger partial charge in [0, 0.05) is 5.57 Å². The molecule has 0 aliphatic carbocycles. The van der Waals surface area contributed by atoms with Crippen molar-refractivity contribution in [2.45, 2.75) is 38.0 Å². The van der Waals surface area contributed by atoms with Gasteiger partial charge in [0.25, 0.3) is 0 Å². The molecule has 0 amide bonds. The Hall–Kier alpha value is -1.65. The van der Waals surface area contributed by atoms with E-state index in [4.69, 9.17) is 9.57 Å². The number of hydrogen-bond acceptors (Lipinski definition) is 4. The van der Waals surface area contributed by atoms with Gasteiger partial charge in [-0.05, 0) is 31.4 Å². The average molecular weight is 273 g/mol. The van der Waals surface area contributed by atoms with Crippen molar-refractivity contribution in [2.24, 2.45) is 0 Å². The van der Waals surface area contributed by atoms with Gasteiger partial charge in [-0.2, -0.15) is 5.06 Å². The summed E-state index contributed by atoms with van der Waals surface area (Å²) in [6.07, 6.45) is 3.67. The van der Waals surface area contributed by atoms with E-state index in [1.54, 1.807) is 14.0 Å². The first-order valence-electron chi connectivity index (χ1n) is 6.97. The summed E-state index contributed by atoms with van der Waals surface area (Å²) in [5.74, 6) is -0.214. The maximum absolute atomic E-state index is 11.5. The average Bonchev–Trinajstić information content (AvgIpc) is 3.03. The molecule has 106 valence electrons. The number of nitrogens with zero attached hydrogens (tertiary/aromatic N) is 1. The SMILES string of the molecule is CON1[C@H](c2ccccc2)CC[C@H]1[C@H]1C=C(C)C(=O)O1. The van der Waals surface area contributed by atoms with E-state index in [0.29, 0.717) is 5.57 Å². The second-order valence-electron chi connectivity index (χ2n) is 5.33. The zero-order chi connectivity index (χ0) is 14.1. The fourth-order valence-electron chi connectivity index (χ4n) is 3.13. The van der Waals surface area contributed by atoms with Crippen LogP contribution in [0.1, 0.15) is 31.4 Å². The van der Waals surface area contributed by atoms with Crippen molar-refractivity contribution in [3.63, 3.8) is 0 Å². The molecule has 3 rings (SSSR count). The minimum absolute atomic E-state index is 0.0895. The van der Waals surface area contributed by atoms with Crippen LogP contribution in [0.25, 0.3) is 0 Å². The molecule has 2 aliphatic heterocycles. The largest absolute Gasteiger partial charge is 0.453 e. The van der Waals surface area contributed by atoms with Gasteiger partial charge in [0.15, 0.2) is 0 Å². The summed E-state index contributed by atoms with van der Waals surface area (Å²) in [7, 11) is 1.68. The minimum Gasteiger partial charge on any atom is -0.453 e. The molecule has 3 atom stereocenters. The molecular weight excluding hydrogens is 254 g/mol. The molecule has 0 unspecified atom stereocenters. The van der Waals surface area contributed by atoms with Crippen molar-refractivity contribution < 1.29 is 14.4 Å². The van der Waals surface area contributed by atoms with Crippen LogP contribution < -0.4 is 0 Å². The maximum Gasteiger partial charge on any atom is 0.334 e. The number of carbonyl (C=O) groups excluding carboxylic acids is 1. The lowest BCUT2D eigenvalue weighted by Gasteiger charge is -2.30. The number of hydrogen-bond donors (Lipinski definition) is 0. The number of esters is 1. The number of carbonyl (C=O) groups is 1. The van der Waals surface area contributed by atoms with Crippen molar-refractivity contribution in [1.29, 1.82) is 0 Å². The van der Waals surface area contributed by atoms with E-state index in [-0.39, 0.29) is 24.2 Å². The Balaban J connectivity index is 1.80. The van der Waals surface area contributed by atoms with E-state index in [0.717, 1.165) is 12.8 Å². The topological polar surface area (TPSA) is 38.8 Å². The van der Waals surface area contributed by atoms with Crippen molar-refractivity contribution in [3.8, 4) is 0 Å². The van der Waals surface area contributed by atoms with Gasteiger partial charge in [0.1, 0.15) is 6.10 Å². The highest BCUT2D eigenvalue weighted by molar-refractivity contribution is 5.90. The Kier molecular flexibility index (Phi) is 3.59. The van der Waals surface area contributed by atoms with Gasteiger partial charge < -0.3 is 9.57 Å². The summed E-state index contributed by atoms with van der Waals surface area (Å²) in [4.78, 5) is 17.1. The van der Waals surface area contributed by atoms with Gasteiger partial charge in [-0.15, -0.1) is 0 Å². The predicted octanol–water partition coefficient (Wildman–Crippen LogP) is 2.63. The molecule has 20 heavy (non-hydrogen) atoms. The summed E-state index contributed by atoms with van der Waals surface area (Å²) in [6.45, 7) is 1.79. The Morgan fingerprint density at radius 3 is 2.60 bits per heavy atom. The lowest BCUT2D eigenvalue weighted by atomic mass is 10.0. The lowest BCUT2D eigenvalue weighted by molar-refractivity contribution is -0.189. The molecule has 0 radical (unpaired) electrons. The molecule has 0 bridgehead atoms. The van der Waals surface area contributed by atoms with Crippen LogP contribution in [0.2, 0.25) is 0 Å². The summed E-state index contributed by atoms with van der Waals surface area (Å²) in [5.41, 5.74) is 1.93. The third kappa shape index (κ3) is 2.25. The van der Waals surface area contributed by atoms with Gasteiger partial charge in [0.2, 0.25) is 0 Å². The van der Waals surface area contributed by atoms with E-state index in [9.17, 15) is 4.79 Å². The zero-order valence-corrected chi connectivity index (χ0v) is 11.8. The second-order valence-corrected chi connectivity index (χ2v) is 5.33. The highest BCUT2D eigenvalue weighted by atomic mass is 16.7. The van der Waals surface area contributed by atoms with E-state index in [1.165, 1.54) is 5.56 Å². The van der Waals surface area contributed by atoms with Gasteiger partial charge in [0.05, 0.1) is 19.2 Å². The van der Waals surface area contributed by atoms with Crippen LogP contribution in [0.4, 0.5) is 0 Å². The van der Waals surface area contributed by atoms with Crippen molar-refractivity contribution in [3.05, 3.63) is 47.5 Å². The zero-order valence-electron chi connectivity index (χ0n) is 11.8. The lowest BCUT2D eigenvalue weighted by Crippen LogP contribution is -2.39. The van der Waals surface area contributed by atoms with E-state index in [2.05, 4.69) is 12.1 Å². The van der Waals surface area contributed by atoms with Crippen molar-refractivity contribution in [2.75, 3.05) is 7.11 Å². The van der Waals surface area contributed by atoms with Gasteiger partial charge in [-0.25, -0.2) is 4.79 Å². The second kappa shape index (κ2) is 5.38. The molecular formula is C16H19NO3. The molecule has 1 aromatic rings. The minimum atomic E-state index is -0.214. The number of hydroxylamine groups is 2. The summed E-state index contributed by atoms with van der Waals surface area (Å²) < 4.78 is 5.42. The summed E-state index contributed by atoms with van der Waals surface area (Å²) >= 11 is 0. The fourth-order valence-corrected chi connectivity index (χ4v) is 3.13. The third-order valence-corrected chi connectivity index (χ3v) is 4.12. The smallest absolute Gasteiger partial charge is 0.334 e. The third-order valence-electron chi connectivity index (χ3n) is 4.12. The van der Waals surface area contributed by atoms with E-state index >= 15 is 0 Å². The van der Waals surface area contributed by atoms with Crippen molar-refractivity contribution in [1.82, 2.24) is 5.06 Å². The molecule has 4 nitrogen and oxygen atoms in total. The molecule has 2 heterocycles. The van der Waals surface area contributed by atoms with Crippen LogP contribution >= 0.6 is 0 Å². The normalized spacial score (nSPS) is 30.4. The van der Waals surface area contributed by atoms with Gasteiger partial charge in [-0.1, -0.05) is 30.3 Å². The fraction of sp³-hybridized carbons (Fsp3) is 0.438. The van der Waals surface area contributed by atoms with Crippen LogP contribution in [-0.4, -0.2) is 30.3 Å². The summed E-state index contributed by atoms with van der Waals surface area (Å²) in [6, 6.07) is 10.6. The Morgan fingerprint density at radius 2 is 2.00 bits per heavy atom. The van der Waals surface area contributed by atoms with Crippen molar-refractivity contribution >= 4 is 5.97 Å². The quantitative estimate of drug-likeness (QED) is 0.794. The number of ether oxygens (including phenoxy) is 1. The molecule has 0 aromatic heterocycles. The Morgan fingerprint density at radius 1 is 1.25 bits per heavy atom. The molecule has 0 N–H and O–H groups in total. The number of rotatable bonds is 3. The predicted molar refractivity (Wildman–Crippen MR) is 74.7 cm³/mol. The number of cyclic esters (lactones) is 1. The molecule has 4 heteroatoms. The molecule has 0 saturated carbocycles. The van der Waals surface area contributed by atoms with Gasteiger partial charge >= 0.3 is 5.97 Å². The van der Waals surface area contributed by atoms with Crippen LogP contribution in [0.15, 0.2) is 42.0 Å². The van der Waals surface area contributed by atoms with Crippen LogP contribution in [0, 0.1) is 0 Å². The summed E-state index contributed by atoms with van der Waals surface area (Å²) in [5, 5.41) is 1.97. The van der Waals surface area contributed by atoms with E-state index < -0.39 is 0 Å².